The van der Waals surface area contributed by atoms with Crippen LogP contribution >= 0.6 is 0 Å². The summed E-state index contributed by atoms with van der Waals surface area (Å²) >= 11 is 0. The highest BCUT2D eigenvalue weighted by Gasteiger charge is 2.45. The third-order valence-corrected chi connectivity index (χ3v) is 12.2. The standard InChI is InChI=1S/C40H48N4O3/c45-32-12-14-34-30(22-32)9-13-33(28-4-2-1-3-5-28)38(34)29-7-10-31(11-8-29)44-25-40(26-44)18-20-43(21-19-40)24-27-6-16-36(41-23-27)35-15-17-37(46)42-39(35)47/h1-5,7-8,10-12,14,22,27,33,35-36,38,41,45H,6,9,13,15-21,23-26H2,(H,42,46,47)/t27?,33-,35?,36?,38+/m1/s1. The Balaban J connectivity index is 0.850. The molecule has 3 aromatic rings. The van der Waals surface area contributed by atoms with E-state index in [4.69, 9.17) is 0 Å². The average molecular weight is 633 g/mol. The number of fused-ring (bicyclic) bond motifs is 1. The number of hydrogen-bond donors (Lipinski definition) is 3. The number of nitrogens with one attached hydrogen (secondary N) is 2. The molecule has 3 aromatic carbocycles. The second-order valence-corrected chi connectivity index (χ2v) is 15.2. The van der Waals surface area contributed by atoms with Crippen molar-refractivity contribution < 1.29 is 14.7 Å². The van der Waals surface area contributed by atoms with E-state index >= 15 is 0 Å². The monoisotopic (exact) mass is 632 g/mol. The van der Waals surface area contributed by atoms with Gasteiger partial charge in [0.25, 0.3) is 0 Å². The van der Waals surface area contributed by atoms with Crippen molar-refractivity contribution >= 4 is 17.5 Å². The van der Waals surface area contributed by atoms with Crippen LogP contribution in [0.2, 0.25) is 0 Å². The molecular formula is C40H48N4O3. The third kappa shape index (κ3) is 6.20. The Labute approximate surface area is 278 Å². The van der Waals surface area contributed by atoms with Crippen LogP contribution in [0.15, 0.2) is 72.8 Å². The van der Waals surface area contributed by atoms with E-state index < -0.39 is 0 Å². The lowest BCUT2D eigenvalue weighted by Gasteiger charge is -2.55. The highest BCUT2D eigenvalue weighted by Crippen LogP contribution is 2.48. The van der Waals surface area contributed by atoms with E-state index in [0.717, 1.165) is 51.9 Å². The molecule has 0 radical (unpaired) electrons. The van der Waals surface area contributed by atoms with Crippen LogP contribution < -0.4 is 15.5 Å². The minimum Gasteiger partial charge on any atom is -0.508 e. The number of phenolic OH excluding ortho intramolecular Hbond substituents is 1. The lowest BCUT2D eigenvalue weighted by Crippen LogP contribution is -2.61. The number of phenols is 1. The maximum absolute atomic E-state index is 12.3. The summed E-state index contributed by atoms with van der Waals surface area (Å²) in [5.41, 5.74) is 7.16. The maximum Gasteiger partial charge on any atom is 0.231 e. The normalized spacial score (nSPS) is 29.2. The SMILES string of the molecule is O=C1CCC(C2CCC(CN3CCC4(CC3)CN(c3ccc([C@@H]5c6ccc(O)cc6CC[C@@H]5c5ccccc5)cc3)C4)CN2)C(=O)N1. The Kier molecular flexibility index (Phi) is 8.30. The number of amides is 2. The minimum absolute atomic E-state index is 0.0631. The highest BCUT2D eigenvalue weighted by molar-refractivity contribution is 5.98. The van der Waals surface area contributed by atoms with E-state index in [1.165, 1.54) is 53.9 Å². The maximum atomic E-state index is 12.3. The molecular weight excluding hydrogens is 584 g/mol. The zero-order chi connectivity index (χ0) is 32.0. The van der Waals surface area contributed by atoms with Gasteiger partial charge < -0.3 is 20.2 Å². The molecule has 4 aliphatic heterocycles. The first-order valence-corrected chi connectivity index (χ1v) is 17.9. The molecule has 4 heterocycles. The van der Waals surface area contributed by atoms with Gasteiger partial charge in [-0.05, 0) is 123 Å². The van der Waals surface area contributed by atoms with Crippen LogP contribution in [0.5, 0.6) is 5.75 Å². The van der Waals surface area contributed by atoms with Gasteiger partial charge in [0.1, 0.15) is 5.75 Å². The largest absolute Gasteiger partial charge is 0.508 e. The molecule has 8 rings (SSSR count). The number of rotatable bonds is 6. The Morgan fingerprint density at radius 2 is 1.57 bits per heavy atom. The van der Waals surface area contributed by atoms with E-state index in [1.807, 2.05) is 12.1 Å². The molecule has 3 N–H and O–H groups in total. The van der Waals surface area contributed by atoms with Crippen LogP contribution in [0.1, 0.15) is 79.0 Å². The molecule has 3 unspecified atom stereocenters. The first kappa shape index (κ1) is 30.6. The Morgan fingerprint density at radius 1 is 0.809 bits per heavy atom. The molecule has 7 heteroatoms. The fraction of sp³-hybridized carbons (Fsp3) is 0.500. The molecule has 0 bridgehead atoms. The predicted octanol–water partition coefficient (Wildman–Crippen LogP) is 5.58. The number of aryl methyl sites for hydroxylation is 1. The van der Waals surface area contributed by atoms with Crippen LogP contribution in [-0.4, -0.2) is 67.1 Å². The van der Waals surface area contributed by atoms with Crippen molar-refractivity contribution in [3.05, 3.63) is 95.1 Å². The summed E-state index contributed by atoms with van der Waals surface area (Å²) in [7, 11) is 0. The lowest BCUT2D eigenvalue weighted by molar-refractivity contribution is -0.137. The molecule has 4 saturated heterocycles. The third-order valence-electron chi connectivity index (χ3n) is 12.2. The van der Waals surface area contributed by atoms with Crippen LogP contribution in [-0.2, 0) is 16.0 Å². The first-order valence-electron chi connectivity index (χ1n) is 17.9. The zero-order valence-corrected chi connectivity index (χ0v) is 27.4. The van der Waals surface area contributed by atoms with Gasteiger partial charge in [0, 0.05) is 49.1 Å². The van der Waals surface area contributed by atoms with Crippen molar-refractivity contribution in [2.24, 2.45) is 17.3 Å². The van der Waals surface area contributed by atoms with Crippen molar-refractivity contribution in [1.82, 2.24) is 15.5 Å². The summed E-state index contributed by atoms with van der Waals surface area (Å²) in [5.74, 6) is 1.42. The van der Waals surface area contributed by atoms with E-state index in [-0.39, 0.29) is 29.7 Å². The fourth-order valence-corrected chi connectivity index (χ4v) is 9.54. The molecule has 2 amide bonds. The van der Waals surface area contributed by atoms with Gasteiger partial charge in [-0.2, -0.15) is 0 Å². The van der Waals surface area contributed by atoms with E-state index in [0.29, 0.717) is 35.8 Å². The fourth-order valence-electron chi connectivity index (χ4n) is 9.54. The summed E-state index contributed by atoms with van der Waals surface area (Å²) in [6, 6.07) is 26.5. The Hall–Kier alpha value is -3.68. The topological polar surface area (TPSA) is 84.9 Å². The van der Waals surface area contributed by atoms with Crippen molar-refractivity contribution in [1.29, 1.82) is 0 Å². The Morgan fingerprint density at radius 3 is 2.30 bits per heavy atom. The molecule has 7 nitrogen and oxygen atoms in total. The van der Waals surface area contributed by atoms with Gasteiger partial charge in [0.15, 0.2) is 0 Å². The second-order valence-electron chi connectivity index (χ2n) is 15.2. The van der Waals surface area contributed by atoms with E-state index in [2.05, 4.69) is 81.1 Å². The molecule has 246 valence electrons. The molecule has 47 heavy (non-hydrogen) atoms. The molecule has 1 aliphatic carbocycles. The second kappa shape index (κ2) is 12.7. The van der Waals surface area contributed by atoms with Gasteiger partial charge in [-0.1, -0.05) is 48.5 Å². The summed E-state index contributed by atoms with van der Waals surface area (Å²) in [4.78, 5) is 29.1. The van der Waals surface area contributed by atoms with Crippen LogP contribution in [0.25, 0.3) is 0 Å². The van der Waals surface area contributed by atoms with Gasteiger partial charge in [-0.3, -0.25) is 14.9 Å². The molecule has 5 atom stereocenters. The summed E-state index contributed by atoms with van der Waals surface area (Å²) in [5, 5.41) is 16.4. The highest BCUT2D eigenvalue weighted by atomic mass is 16.3. The van der Waals surface area contributed by atoms with Crippen LogP contribution in [0, 0.1) is 17.3 Å². The number of benzene rings is 3. The number of likely N-dealkylation sites (tertiary alicyclic amines) is 1. The van der Waals surface area contributed by atoms with E-state index in [9.17, 15) is 14.7 Å². The summed E-state index contributed by atoms with van der Waals surface area (Å²) in [6.45, 7) is 6.77. The predicted molar refractivity (Wildman–Crippen MR) is 185 cm³/mol. The number of carbonyl (C=O) groups excluding carboxylic acids is 2. The average Bonchev–Trinajstić information content (AvgIpc) is 3.08. The van der Waals surface area contributed by atoms with Crippen molar-refractivity contribution in [3.63, 3.8) is 0 Å². The van der Waals surface area contributed by atoms with Gasteiger partial charge in [0.2, 0.25) is 11.8 Å². The smallest absolute Gasteiger partial charge is 0.231 e. The van der Waals surface area contributed by atoms with E-state index in [1.54, 1.807) is 0 Å². The van der Waals surface area contributed by atoms with Gasteiger partial charge in [-0.15, -0.1) is 0 Å². The summed E-state index contributed by atoms with van der Waals surface area (Å²) < 4.78 is 0. The number of hydrogen-bond acceptors (Lipinski definition) is 6. The number of carbonyl (C=O) groups is 2. The number of nitrogens with zero attached hydrogens (tertiary/aromatic N) is 2. The number of anilines is 1. The molecule has 0 saturated carbocycles. The Bertz CT molecular complexity index is 1580. The minimum atomic E-state index is -0.128. The first-order chi connectivity index (χ1) is 22.9. The quantitative estimate of drug-likeness (QED) is 0.308. The van der Waals surface area contributed by atoms with Gasteiger partial charge in [-0.25, -0.2) is 0 Å². The lowest BCUT2D eigenvalue weighted by atomic mass is 9.69. The molecule has 5 aliphatic rings. The van der Waals surface area contributed by atoms with Crippen molar-refractivity contribution in [2.45, 2.75) is 69.2 Å². The van der Waals surface area contributed by atoms with Gasteiger partial charge in [0.05, 0.1) is 5.92 Å². The van der Waals surface area contributed by atoms with Crippen molar-refractivity contribution in [2.75, 3.05) is 44.2 Å². The molecule has 4 fully saturated rings. The summed E-state index contributed by atoms with van der Waals surface area (Å²) in [6.07, 6.45) is 7.93. The van der Waals surface area contributed by atoms with Gasteiger partial charge >= 0.3 is 0 Å². The number of piperidine rings is 3. The zero-order valence-electron chi connectivity index (χ0n) is 27.4. The van der Waals surface area contributed by atoms with Crippen LogP contribution in [0.4, 0.5) is 5.69 Å². The van der Waals surface area contributed by atoms with Crippen LogP contribution in [0.3, 0.4) is 0 Å². The molecule has 1 spiro atoms. The van der Waals surface area contributed by atoms with Crippen molar-refractivity contribution in [3.8, 4) is 5.75 Å². The molecule has 0 aromatic heterocycles. The number of imide groups is 1. The number of aromatic hydroxyl groups is 1.